The number of benzene rings is 1. The maximum atomic E-state index is 6.37. The summed E-state index contributed by atoms with van der Waals surface area (Å²) in [5.74, 6) is 2.37. The van der Waals surface area contributed by atoms with Crippen molar-refractivity contribution >= 4 is 16.6 Å². The molecule has 0 spiro atoms. The second-order valence-corrected chi connectivity index (χ2v) is 5.97. The number of anilines is 1. The monoisotopic (exact) mass is 271 g/mol. The average molecular weight is 271 g/mol. The molecule has 2 heterocycles. The third-order valence-corrected chi connectivity index (χ3v) is 4.37. The summed E-state index contributed by atoms with van der Waals surface area (Å²) in [6.07, 6.45) is 1.85. The standard InChI is InChI=1S/C16H21N3O/c1-11(2)16(17)9-19(10-16)15-14-5-4-13(20-3)8-12(14)6-7-18-15/h4-8,11H,9-10,17H2,1-3H3. The van der Waals surface area contributed by atoms with Gasteiger partial charge in [-0.15, -0.1) is 0 Å². The van der Waals surface area contributed by atoms with E-state index in [9.17, 15) is 0 Å². The fourth-order valence-electron chi connectivity index (χ4n) is 2.70. The SMILES string of the molecule is COc1ccc2c(N3CC(N)(C(C)C)C3)nccc2c1. The predicted molar refractivity (Wildman–Crippen MR) is 82.3 cm³/mol. The first-order valence-corrected chi connectivity index (χ1v) is 7.00. The topological polar surface area (TPSA) is 51.4 Å². The number of aromatic nitrogens is 1. The van der Waals surface area contributed by atoms with Crippen LogP contribution in [-0.2, 0) is 0 Å². The molecular weight excluding hydrogens is 250 g/mol. The Balaban J connectivity index is 1.94. The van der Waals surface area contributed by atoms with Crippen LogP contribution >= 0.6 is 0 Å². The summed E-state index contributed by atoms with van der Waals surface area (Å²) < 4.78 is 5.27. The highest BCUT2D eigenvalue weighted by Crippen LogP contribution is 2.34. The summed E-state index contributed by atoms with van der Waals surface area (Å²) >= 11 is 0. The van der Waals surface area contributed by atoms with Crippen LogP contribution in [0, 0.1) is 5.92 Å². The first-order valence-electron chi connectivity index (χ1n) is 7.00. The van der Waals surface area contributed by atoms with Crippen molar-refractivity contribution in [2.75, 3.05) is 25.1 Å². The lowest BCUT2D eigenvalue weighted by atomic mass is 9.80. The van der Waals surface area contributed by atoms with Gasteiger partial charge in [0.1, 0.15) is 11.6 Å². The minimum Gasteiger partial charge on any atom is -0.497 e. The lowest BCUT2D eigenvalue weighted by Gasteiger charge is -2.51. The Morgan fingerprint density at radius 2 is 2.05 bits per heavy atom. The van der Waals surface area contributed by atoms with Gasteiger partial charge in [-0.3, -0.25) is 0 Å². The smallest absolute Gasteiger partial charge is 0.136 e. The summed E-state index contributed by atoms with van der Waals surface area (Å²) in [6, 6.07) is 8.10. The van der Waals surface area contributed by atoms with Gasteiger partial charge in [-0.25, -0.2) is 4.98 Å². The summed E-state index contributed by atoms with van der Waals surface area (Å²) in [7, 11) is 1.68. The largest absolute Gasteiger partial charge is 0.497 e. The van der Waals surface area contributed by atoms with E-state index < -0.39 is 0 Å². The summed E-state index contributed by atoms with van der Waals surface area (Å²) in [5, 5.41) is 2.30. The molecule has 2 aromatic rings. The Morgan fingerprint density at radius 3 is 2.70 bits per heavy atom. The molecule has 0 unspecified atom stereocenters. The summed E-state index contributed by atoms with van der Waals surface area (Å²) in [5.41, 5.74) is 6.29. The van der Waals surface area contributed by atoms with E-state index in [1.54, 1.807) is 7.11 Å². The van der Waals surface area contributed by atoms with E-state index in [1.807, 2.05) is 24.4 Å². The molecule has 106 valence electrons. The molecule has 1 aromatic carbocycles. The first kappa shape index (κ1) is 13.2. The van der Waals surface area contributed by atoms with E-state index in [1.165, 1.54) is 0 Å². The Morgan fingerprint density at radius 1 is 1.30 bits per heavy atom. The molecule has 0 radical (unpaired) electrons. The molecule has 4 heteroatoms. The van der Waals surface area contributed by atoms with Crippen LogP contribution in [0.15, 0.2) is 30.5 Å². The molecule has 0 saturated carbocycles. The summed E-state index contributed by atoms with van der Waals surface area (Å²) in [4.78, 5) is 6.80. The van der Waals surface area contributed by atoms with Gasteiger partial charge in [-0.05, 0) is 35.6 Å². The van der Waals surface area contributed by atoms with Crippen LogP contribution in [-0.4, -0.2) is 30.7 Å². The lowest BCUT2D eigenvalue weighted by Crippen LogP contribution is -2.70. The van der Waals surface area contributed by atoms with E-state index >= 15 is 0 Å². The number of nitrogens with two attached hydrogens (primary N) is 1. The van der Waals surface area contributed by atoms with Gasteiger partial charge in [0.05, 0.1) is 12.6 Å². The molecule has 0 amide bonds. The zero-order chi connectivity index (χ0) is 14.3. The number of hydrogen-bond donors (Lipinski definition) is 1. The molecule has 1 aliphatic heterocycles. The van der Waals surface area contributed by atoms with Crippen molar-refractivity contribution in [2.45, 2.75) is 19.4 Å². The third kappa shape index (κ3) is 2.00. The van der Waals surface area contributed by atoms with Crippen LogP contribution in [0.25, 0.3) is 10.8 Å². The number of pyridine rings is 1. The van der Waals surface area contributed by atoms with E-state index in [4.69, 9.17) is 10.5 Å². The minimum absolute atomic E-state index is 0.0870. The molecule has 1 aliphatic rings. The van der Waals surface area contributed by atoms with Crippen LogP contribution < -0.4 is 15.4 Å². The van der Waals surface area contributed by atoms with Gasteiger partial charge in [-0.2, -0.15) is 0 Å². The van der Waals surface area contributed by atoms with Gasteiger partial charge in [0.15, 0.2) is 0 Å². The molecule has 0 atom stereocenters. The molecule has 3 rings (SSSR count). The number of ether oxygens (including phenoxy) is 1. The summed E-state index contributed by atoms with van der Waals surface area (Å²) in [6.45, 7) is 6.09. The Bertz CT molecular complexity index is 633. The minimum atomic E-state index is -0.0870. The highest BCUT2D eigenvalue weighted by atomic mass is 16.5. The van der Waals surface area contributed by atoms with Gasteiger partial charge in [-0.1, -0.05) is 13.8 Å². The van der Waals surface area contributed by atoms with Crippen LogP contribution in [0.5, 0.6) is 5.75 Å². The number of rotatable bonds is 3. The fraction of sp³-hybridized carbons (Fsp3) is 0.438. The van der Waals surface area contributed by atoms with Gasteiger partial charge in [0.25, 0.3) is 0 Å². The molecule has 0 bridgehead atoms. The van der Waals surface area contributed by atoms with Crippen molar-refractivity contribution in [3.8, 4) is 5.75 Å². The van der Waals surface area contributed by atoms with Gasteiger partial charge in [0.2, 0.25) is 0 Å². The Kier molecular flexibility index (Phi) is 3.05. The zero-order valence-corrected chi connectivity index (χ0v) is 12.3. The Labute approximate surface area is 119 Å². The molecule has 1 fully saturated rings. The number of methoxy groups -OCH3 is 1. The number of hydrogen-bond acceptors (Lipinski definition) is 4. The molecule has 0 aliphatic carbocycles. The molecule has 4 nitrogen and oxygen atoms in total. The lowest BCUT2D eigenvalue weighted by molar-refractivity contribution is 0.244. The number of fused-ring (bicyclic) bond motifs is 1. The zero-order valence-electron chi connectivity index (χ0n) is 12.3. The van der Waals surface area contributed by atoms with E-state index in [0.29, 0.717) is 5.92 Å². The van der Waals surface area contributed by atoms with Crippen LogP contribution in [0.2, 0.25) is 0 Å². The van der Waals surface area contributed by atoms with Gasteiger partial charge >= 0.3 is 0 Å². The van der Waals surface area contributed by atoms with Crippen molar-refractivity contribution in [3.63, 3.8) is 0 Å². The predicted octanol–water partition coefficient (Wildman–Crippen LogP) is 2.42. The first-order chi connectivity index (χ1) is 9.53. The van der Waals surface area contributed by atoms with Crippen molar-refractivity contribution in [2.24, 2.45) is 11.7 Å². The third-order valence-electron chi connectivity index (χ3n) is 4.37. The van der Waals surface area contributed by atoms with Crippen molar-refractivity contribution in [1.82, 2.24) is 4.98 Å². The van der Waals surface area contributed by atoms with E-state index in [0.717, 1.165) is 35.4 Å². The second kappa shape index (κ2) is 4.63. The van der Waals surface area contributed by atoms with Gasteiger partial charge < -0.3 is 15.4 Å². The highest BCUT2D eigenvalue weighted by Gasteiger charge is 2.42. The van der Waals surface area contributed by atoms with Gasteiger partial charge in [0, 0.05) is 24.7 Å². The maximum Gasteiger partial charge on any atom is 0.136 e. The van der Waals surface area contributed by atoms with Crippen molar-refractivity contribution in [3.05, 3.63) is 30.5 Å². The quantitative estimate of drug-likeness (QED) is 0.931. The van der Waals surface area contributed by atoms with E-state index in [-0.39, 0.29) is 5.54 Å². The highest BCUT2D eigenvalue weighted by molar-refractivity contribution is 5.93. The molecule has 1 saturated heterocycles. The molecular formula is C16H21N3O. The molecule has 1 aromatic heterocycles. The fourth-order valence-corrected chi connectivity index (χ4v) is 2.70. The van der Waals surface area contributed by atoms with Crippen LogP contribution in [0.3, 0.4) is 0 Å². The van der Waals surface area contributed by atoms with E-state index in [2.05, 4.69) is 29.8 Å². The van der Waals surface area contributed by atoms with Crippen molar-refractivity contribution < 1.29 is 4.74 Å². The molecule has 2 N–H and O–H groups in total. The number of nitrogens with zero attached hydrogens (tertiary/aromatic N) is 2. The Hall–Kier alpha value is -1.81. The normalized spacial score (nSPS) is 17.4. The van der Waals surface area contributed by atoms with Crippen LogP contribution in [0.4, 0.5) is 5.82 Å². The average Bonchev–Trinajstić information content (AvgIpc) is 2.42. The van der Waals surface area contributed by atoms with Crippen molar-refractivity contribution in [1.29, 1.82) is 0 Å². The van der Waals surface area contributed by atoms with Crippen LogP contribution in [0.1, 0.15) is 13.8 Å². The maximum absolute atomic E-state index is 6.37. The second-order valence-electron chi connectivity index (χ2n) is 5.97. The molecule has 20 heavy (non-hydrogen) atoms.